The molecule has 2 aromatic carbocycles. The SMILES string of the molecule is Cc1c(O)cc(O)c(C(=O)N2Cc3ccc(CN4CCNCC4)cc3C2)c1OCC1CCCCC1. The predicted octanol–water partition coefficient (Wildman–Crippen LogP) is 3.93. The molecule has 7 nitrogen and oxygen atoms in total. The van der Waals surface area contributed by atoms with E-state index in [9.17, 15) is 15.0 Å². The number of carbonyl (C=O) groups excluding carboxylic acids is 1. The number of ether oxygens (including phenoxy) is 1. The summed E-state index contributed by atoms with van der Waals surface area (Å²) in [6.45, 7) is 8.30. The standard InChI is InChI=1S/C28H37N3O4/c1-19-24(32)14-25(33)26(27(19)35-18-20-5-3-2-4-6-20)28(34)31-16-22-8-7-21(13-23(22)17-31)15-30-11-9-29-10-12-30/h7-8,13-14,20,29,32-33H,2-6,9-12,15-18H2,1H3. The molecule has 0 radical (unpaired) electrons. The van der Waals surface area contributed by atoms with Gasteiger partial charge in [0.15, 0.2) is 0 Å². The molecule has 0 spiro atoms. The van der Waals surface area contributed by atoms with Crippen molar-refractivity contribution in [3.63, 3.8) is 0 Å². The van der Waals surface area contributed by atoms with Crippen LogP contribution in [0.15, 0.2) is 24.3 Å². The third kappa shape index (κ3) is 5.26. The van der Waals surface area contributed by atoms with Crippen molar-refractivity contribution in [2.45, 2.75) is 58.7 Å². The molecule has 0 atom stereocenters. The van der Waals surface area contributed by atoms with Crippen molar-refractivity contribution >= 4 is 5.91 Å². The largest absolute Gasteiger partial charge is 0.507 e. The summed E-state index contributed by atoms with van der Waals surface area (Å²) in [6.07, 6.45) is 5.90. The Morgan fingerprint density at radius 1 is 1.03 bits per heavy atom. The summed E-state index contributed by atoms with van der Waals surface area (Å²) in [5, 5.41) is 24.4. The van der Waals surface area contributed by atoms with E-state index in [-0.39, 0.29) is 23.0 Å². The molecule has 5 rings (SSSR count). The molecule has 35 heavy (non-hydrogen) atoms. The number of benzene rings is 2. The molecule has 2 aliphatic heterocycles. The molecule has 1 saturated carbocycles. The molecule has 0 unspecified atom stereocenters. The topological polar surface area (TPSA) is 85.3 Å². The van der Waals surface area contributed by atoms with E-state index in [0.717, 1.165) is 56.7 Å². The maximum atomic E-state index is 13.7. The lowest BCUT2D eigenvalue weighted by molar-refractivity contribution is 0.0741. The Hall–Kier alpha value is -2.77. The summed E-state index contributed by atoms with van der Waals surface area (Å²) in [5.74, 6) is 0.213. The van der Waals surface area contributed by atoms with Crippen LogP contribution in [0.3, 0.4) is 0 Å². The lowest BCUT2D eigenvalue weighted by Crippen LogP contribution is -2.42. The highest BCUT2D eigenvalue weighted by molar-refractivity contribution is 6.00. The van der Waals surface area contributed by atoms with E-state index in [2.05, 4.69) is 28.4 Å². The monoisotopic (exact) mass is 479 g/mol. The first-order valence-corrected chi connectivity index (χ1v) is 13.0. The zero-order chi connectivity index (χ0) is 24.4. The number of nitrogens with zero attached hydrogens (tertiary/aromatic N) is 2. The second kappa shape index (κ2) is 10.5. The minimum Gasteiger partial charge on any atom is -0.507 e. The Bertz CT molecular complexity index is 1070. The Morgan fingerprint density at radius 3 is 2.54 bits per heavy atom. The van der Waals surface area contributed by atoms with E-state index < -0.39 is 0 Å². The van der Waals surface area contributed by atoms with Gasteiger partial charge in [-0.15, -0.1) is 0 Å². The van der Waals surface area contributed by atoms with E-state index >= 15 is 0 Å². The van der Waals surface area contributed by atoms with Gasteiger partial charge in [0.25, 0.3) is 5.91 Å². The first kappa shape index (κ1) is 23.9. The average molecular weight is 480 g/mol. The van der Waals surface area contributed by atoms with Crippen LogP contribution in [0, 0.1) is 12.8 Å². The third-order valence-electron chi connectivity index (χ3n) is 7.78. The van der Waals surface area contributed by atoms with Gasteiger partial charge in [-0.2, -0.15) is 0 Å². The molecule has 7 heteroatoms. The molecule has 1 aliphatic carbocycles. The molecule has 2 aromatic rings. The third-order valence-corrected chi connectivity index (χ3v) is 7.78. The second-order valence-electron chi connectivity index (χ2n) is 10.3. The van der Waals surface area contributed by atoms with Crippen molar-refractivity contribution in [2.75, 3.05) is 32.8 Å². The molecule has 2 fully saturated rings. The van der Waals surface area contributed by atoms with Crippen LogP contribution < -0.4 is 10.1 Å². The van der Waals surface area contributed by atoms with Gasteiger partial charge >= 0.3 is 0 Å². The van der Waals surface area contributed by atoms with Crippen molar-refractivity contribution in [1.82, 2.24) is 15.1 Å². The van der Waals surface area contributed by atoms with Crippen LogP contribution in [0.4, 0.5) is 0 Å². The molecule has 3 aliphatic rings. The number of phenols is 2. The number of hydrogen-bond acceptors (Lipinski definition) is 6. The Balaban J connectivity index is 1.32. The van der Waals surface area contributed by atoms with Crippen LogP contribution in [0.5, 0.6) is 17.2 Å². The highest BCUT2D eigenvalue weighted by Crippen LogP contribution is 2.40. The smallest absolute Gasteiger partial charge is 0.262 e. The number of amides is 1. The molecular formula is C28H37N3O4. The lowest BCUT2D eigenvalue weighted by atomic mass is 9.90. The van der Waals surface area contributed by atoms with Gasteiger partial charge < -0.3 is 25.2 Å². The number of piperazine rings is 1. The molecular weight excluding hydrogens is 442 g/mol. The van der Waals surface area contributed by atoms with Crippen LogP contribution >= 0.6 is 0 Å². The van der Waals surface area contributed by atoms with Crippen molar-refractivity contribution in [3.05, 3.63) is 52.1 Å². The van der Waals surface area contributed by atoms with Crippen LogP contribution in [-0.2, 0) is 19.6 Å². The van der Waals surface area contributed by atoms with Gasteiger partial charge in [-0.05, 0) is 42.4 Å². The van der Waals surface area contributed by atoms with E-state index in [1.54, 1.807) is 11.8 Å². The highest BCUT2D eigenvalue weighted by Gasteiger charge is 2.31. The fraction of sp³-hybridized carbons (Fsp3) is 0.536. The van der Waals surface area contributed by atoms with Crippen molar-refractivity contribution in [2.24, 2.45) is 5.92 Å². The van der Waals surface area contributed by atoms with Crippen LogP contribution in [0.25, 0.3) is 0 Å². The fourth-order valence-electron chi connectivity index (χ4n) is 5.65. The van der Waals surface area contributed by atoms with Gasteiger partial charge in [0, 0.05) is 57.4 Å². The van der Waals surface area contributed by atoms with E-state index in [1.165, 1.54) is 30.9 Å². The Labute approximate surface area is 207 Å². The van der Waals surface area contributed by atoms with Gasteiger partial charge in [0.05, 0.1) is 6.61 Å². The molecule has 1 saturated heterocycles. The Morgan fingerprint density at radius 2 is 1.77 bits per heavy atom. The maximum absolute atomic E-state index is 13.7. The summed E-state index contributed by atoms with van der Waals surface area (Å²) in [5.41, 5.74) is 4.22. The predicted molar refractivity (Wildman–Crippen MR) is 135 cm³/mol. The fourth-order valence-corrected chi connectivity index (χ4v) is 5.65. The number of aromatic hydroxyl groups is 2. The van der Waals surface area contributed by atoms with Crippen LogP contribution in [0.2, 0.25) is 0 Å². The van der Waals surface area contributed by atoms with E-state index in [0.29, 0.717) is 36.9 Å². The molecule has 2 heterocycles. The number of nitrogens with one attached hydrogen (secondary N) is 1. The summed E-state index contributed by atoms with van der Waals surface area (Å²) in [4.78, 5) is 17.9. The molecule has 0 aromatic heterocycles. The van der Waals surface area contributed by atoms with Gasteiger partial charge in [-0.3, -0.25) is 9.69 Å². The second-order valence-corrected chi connectivity index (χ2v) is 10.3. The zero-order valence-electron chi connectivity index (χ0n) is 20.7. The molecule has 3 N–H and O–H groups in total. The number of phenolic OH excluding ortho intramolecular Hbond substituents is 2. The minimum absolute atomic E-state index is 0.0556. The number of rotatable bonds is 6. The quantitative estimate of drug-likeness (QED) is 0.582. The summed E-state index contributed by atoms with van der Waals surface area (Å²) in [6, 6.07) is 7.76. The average Bonchev–Trinajstić information content (AvgIpc) is 3.30. The normalized spacial score (nSPS) is 19.1. The maximum Gasteiger partial charge on any atom is 0.262 e. The van der Waals surface area contributed by atoms with E-state index in [1.807, 2.05) is 0 Å². The van der Waals surface area contributed by atoms with Gasteiger partial charge in [-0.1, -0.05) is 37.5 Å². The molecule has 0 bridgehead atoms. The zero-order valence-corrected chi connectivity index (χ0v) is 20.7. The molecule has 188 valence electrons. The van der Waals surface area contributed by atoms with Gasteiger partial charge in [-0.25, -0.2) is 0 Å². The first-order valence-electron chi connectivity index (χ1n) is 13.0. The van der Waals surface area contributed by atoms with Crippen molar-refractivity contribution in [3.8, 4) is 17.2 Å². The highest BCUT2D eigenvalue weighted by atomic mass is 16.5. The van der Waals surface area contributed by atoms with Crippen LogP contribution in [-0.4, -0.2) is 58.7 Å². The molecule has 1 amide bonds. The van der Waals surface area contributed by atoms with E-state index in [4.69, 9.17) is 4.74 Å². The van der Waals surface area contributed by atoms with Crippen molar-refractivity contribution in [1.29, 1.82) is 0 Å². The first-order chi connectivity index (χ1) is 17.0. The number of carbonyl (C=O) groups is 1. The van der Waals surface area contributed by atoms with Crippen LogP contribution in [0.1, 0.15) is 64.7 Å². The summed E-state index contributed by atoms with van der Waals surface area (Å²) in [7, 11) is 0. The number of hydrogen-bond donors (Lipinski definition) is 3. The summed E-state index contributed by atoms with van der Waals surface area (Å²) >= 11 is 0. The van der Waals surface area contributed by atoms with Gasteiger partial charge in [0.2, 0.25) is 0 Å². The Kier molecular flexibility index (Phi) is 7.16. The van der Waals surface area contributed by atoms with Crippen molar-refractivity contribution < 1.29 is 19.7 Å². The number of fused-ring (bicyclic) bond motifs is 1. The van der Waals surface area contributed by atoms with Gasteiger partial charge in [0.1, 0.15) is 22.8 Å². The lowest BCUT2D eigenvalue weighted by Gasteiger charge is -2.27. The minimum atomic E-state index is -0.260. The summed E-state index contributed by atoms with van der Waals surface area (Å²) < 4.78 is 6.15.